The van der Waals surface area contributed by atoms with E-state index in [2.05, 4.69) is 10.00 Å². The van der Waals surface area contributed by atoms with Crippen LogP contribution in [0.25, 0.3) is 0 Å². The summed E-state index contributed by atoms with van der Waals surface area (Å²) in [5, 5.41) is 4.20. The minimum Gasteiger partial charge on any atom is -0.323 e. The van der Waals surface area contributed by atoms with E-state index in [0.29, 0.717) is 5.41 Å². The van der Waals surface area contributed by atoms with Crippen molar-refractivity contribution in [2.45, 2.75) is 38.1 Å². The minimum atomic E-state index is 0.107. The van der Waals surface area contributed by atoms with Crippen molar-refractivity contribution in [3.8, 4) is 0 Å². The molecule has 100 valence electrons. The average Bonchev–Trinajstić information content (AvgIpc) is 3.03. The van der Waals surface area contributed by atoms with Crippen molar-refractivity contribution < 1.29 is 0 Å². The molecular formula is C14H24N4. The van der Waals surface area contributed by atoms with Gasteiger partial charge in [-0.15, -0.1) is 0 Å². The van der Waals surface area contributed by atoms with Gasteiger partial charge >= 0.3 is 0 Å². The van der Waals surface area contributed by atoms with Gasteiger partial charge in [-0.05, 0) is 31.2 Å². The van der Waals surface area contributed by atoms with E-state index in [4.69, 9.17) is 5.73 Å². The molecule has 0 radical (unpaired) electrons. The van der Waals surface area contributed by atoms with Crippen LogP contribution in [0, 0.1) is 5.41 Å². The van der Waals surface area contributed by atoms with E-state index in [1.54, 1.807) is 0 Å². The molecule has 18 heavy (non-hydrogen) atoms. The zero-order valence-corrected chi connectivity index (χ0v) is 11.3. The molecule has 3 rings (SSSR count). The zero-order chi connectivity index (χ0) is 12.6. The Hall–Kier alpha value is -0.870. The molecule has 1 atom stereocenters. The Kier molecular flexibility index (Phi) is 3.16. The molecule has 1 spiro atoms. The molecule has 0 amide bonds. The van der Waals surface area contributed by atoms with Crippen molar-refractivity contribution in [1.29, 1.82) is 0 Å². The van der Waals surface area contributed by atoms with Crippen LogP contribution in [0.4, 0.5) is 0 Å². The number of rotatable bonds is 3. The average molecular weight is 248 g/mol. The van der Waals surface area contributed by atoms with Gasteiger partial charge in [0.2, 0.25) is 0 Å². The Morgan fingerprint density at radius 3 is 2.83 bits per heavy atom. The molecule has 1 saturated heterocycles. The Morgan fingerprint density at radius 1 is 1.39 bits per heavy atom. The maximum Gasteiger partial charge on any atom is 0.0537 e. The zero-order valence-electron chi connectivity index (χ0n) is 11.3. The fraction of sp³-hybridized carbons (Fsp3) is 0.786. The van der Waals surface area contributed by atoms with Crippen molar-refractivity contribution in [2.24, 2.45) is 18.2 Å². The standard InChI is InChI=1S/C14H24N4/c1-17-9-12(8-16-17)13(15)10-18-7-6-14(11-18)4-2-3-5-14/h8-9,13H,2-7,10-11,15H2,1H3. The Balaban J connectivity index is 1.57. The summed E-state index contributed by atoms with van der Waals surface area (Å²) in [6.07, 6.45) is 11.0. The van der Waals surface area contributed by atoms with Gasteiger partial charge < -0.3 is 10.6 Å². The summed E-state index contributed by atoms with van der Waals surface area (Å²) in [5.74, 6) is 0. The number of hydrogen-bond donors (Lipinski definition) is 1. The first-order chi connectivity index (χ1) is 8.67. The van der Waals surface area contributed by atoms with Gasteiger partial charge in [-0.1, -0.05) is 12.8 Å². The van der Waals surface area contributed by atoms with Crippen molar-refractivity contribution in [3.05, 3.63) is 18.0 Å². The van der Waals surface area contributed by atoms with Gasteiger partial charge in [0, 0.05) is 37.9 Å². The quantitative estimate of drug-likeness (QED) is 0.885. The molecule has 4 nitrogen and oxygen atoms in total. The van der Waals surface area contributed by atoms with Crippen LogP contribution in [0.15, 0.2) is 12.4 Å². The summed E-state index contributed by atoms with van der Waals surface area (Å²) in [6.45, 7) is 3.47. The highest BCUT2D eigenvalue weighted by atomic mass is 15.2. The molecule has 2 N–H and O–H groups in total. The second-order valence-electron chi connectivity index (χ2n) is 6.25. The lowest BCUT2D eigenvalue weighted by molar-refractivity contribution is 0.251. The first-order valence-corrected chi connectivity index (χ1v) is 7.13. The van der Waals surface area contributed by atoms with Gasteiger partial charge in [0.15, 0.2) is 0 Å². The largest absolute Gasteiger partial charge is 0.323 e. The summed E-state index contributed by atoms with van der Waals surface area (Å²) < 4.78 is 1.83. The third-order valence-electron chi connectivity index (χ3n) is 4.79. The van der Waals surface area contributed by atoms with Gasteiger partial charge in [-0.3, -0.25) is 4.68 Å². The molecule has 1 aromatic heterocycles. The molecule has 4 heteroatoms. The van der Waals surface area contributed by atoms with E-state index >= 15 is 0 Å². The molecule has 1 aromatic rings. The number of aromatic nitrogens is 2. The summed E-state index contributed by atoms with van der Waals surface area (Å²) in [6, 6.07) is 0.107. The van der Waals surface area contributed by atoms with Crippen LogP contribution in [-0.4, -0.2) is 34.3 Å². The smallest absolute Gasteiger partial charge is 0.0537 e. The van der Waals surface area contributed by atoms with Crippen LogP contribution < -0.4 is 5.73 Å². The molecule has 1 unspecified atom stereocenters. The Morgan fingerprint density at radius 2 is 2.17 bits per heavy atom. The van der Waals surface area contributed by atoms with E-state index in [1.807, 2.05) is 24.1 Å². The number of likely N-dealkylation sites (tertiary alicyclic amines) is 1. The predicted molar refractivity (Wildman–Crippen MR) is 72.1 cm³/mol. The summed E-state index contributed by atoms with van der Waals surface area (Å²) in [5.41, 5.74) is 8.09. The number of nitrogens with zero attached hydrogens (tertiary/aromatic N) is 3. The van der Waals surface area contributed by atoms with Gasteiger partial charge in [0.1, 0.15) is 0 Å². The SMILES string of the molecule is Cn1cc(C(N)CN2CCC3(CCCC3)C2)cn1. The number of hydrogen-bond acceptors (Lipinski definition) is 3. The van der Waals surface area contributed by atoms with Gasteiger partial charge in [-0.25, -0.2) is 0 Å². The summed E-state index contributed by atoms with van der Waals surface area (Å²) in [7, 11) is 1.94. The van der Waals surface area contributed by atoms with Gasteiger partial charge in [0.05, 0.1) is 6.20 Å². The van der Waals surface area contributed by atoms with Gasteiger partial charge in [-0.2, -0.15) is 5.10 Å². The van der Waals surface area contributed by atoms with Crippen molar-refractivity contribution >= 4 is 0 Å². The molecule has 2 heterocycles. The third-order valence-corrected chi connectivity index (χ3v) is 4.79. The molecule has 1 aliphatic carbocycles. The second-order valence-corrected chi connectivity index (χ2v) is 6.25. The molecule has 0 aromatic carbocycles. The molecule has 0 bridgehead atoms. The molecule has 1 aliphatic heterocycles. The highest BCUT2D eigenvalue weighted by Crippen LogP contribution is 2.45. The van der Waals surface area contributed by atoms with Crippen molar-refractivity contribution in [1.82, 2.24) is 14.7 Å². The number of nitrogens with two attached hydrogens (primary N) is 1. The van der Waals surface area contributed by atoms with Crippen LogP contribution >= 0.6 is 0 Å². The molecular weight excluding hydrogens is 224 g/mol. The predicted octanol–water partition coefficient (Wildman–Crippen LogP) is 1.69. The van der Waals surface area contributed by atoms with Crippen LogP contribution in [-0.2, 0) is 7.05 Å². The summed E-state index contributed by atoms with van der Waals surface area (Å²) in [4.78, 5) is 2.56. The molecule has 2 fully saturated rings. The van der Waals surface area contributed by atoms with Crippen LogP contribution in [0.1, 0.15) is 43.7 Å². The lowest BCUT2D eigenvalue weighted by atomic mass is 9.86. The summed E-state index contributed by atoms with van der Waals surface area (Å²) >= 11 is 0. The molecule has 2 aliphatic rings. The molecule has 1 saturated carbocycles. The van der Waals surface area contributed by atoms with Crippen LogP contribution in [0.3, 0.4) is 0 Å². The fourth-order valence-electron chi connectivity index (χ4n) is 3.73. The minimum absolute atomic E-state index is 0.107. The Bertz CT molecular complexity index is 406. The van der Waals surface area contributed by atoms with E-state index in [1.165, 1.54) is 45.2 Å². The van der Waals surface area contributed by atoms with Gasteiger partial charge in [0.25, 0.3) is 0 Å². The first-order valence-electron chi connectivity index (χ1n) is 7.13. The number of aryl methyl sites for hydroxylation is 1. The fourth-order valence-corrected chi connectivity index (χ4v) is 3.73. The van der Waals surface area contributed by atoms with E-state index in [0.717, 1.165) is 12.1 Å². The van der Waals surface area contributed by atoms with E-state index in [9.17, 15) is 0 Å². The van der Waals surface area contributed by atoms with Crippen LogP contribution in [0.5, 0.6) is 0 Å². The maximum absolute atomic E-state index is 6.28. The third kappa shape index (κ3) is 2.31. The lowest BCUT2D eigenvalue weighted by Gasteiger charge is -2.25. The van der Waals surface area contributed by atoms with E-state index in [-0.39, 0.29) is 6.04 Å². The lowest BCUT2D eigenvalue weighted by Crippen LogP contribution is -2.32. The highest BCUT2D eigenvalue weighted by Gasteiger charge is 2.40. The van der Waals surface area contributed by atoms with Crippen molar-refractivity contribution in [2.75, 3.05) is 19.6 Å². The highest BCUT2D eigenvalue weighted by molar-refractivity contribution is 5.10. The van der Waals surface area contributed by atoms with Crippen LogP contribution in [0.2, 0.25) is 0 Å². The second kappa shape index (κ2) is 4.67. The first kappa shape index (κ1) is 12.2. The maximum atomic E-state index is 6.28. The topological polar surface area (TPSA) is 47.1 Å². The Labute approximate surface area is 109 Å². The van der Waals surface area contributed by atoms with Crippen molar-refractivity contribution in [3.63, 3.8) is 0 Å². The van der Waals surface area contributed by atoms with E-state index < -0.39 is 0 Å². The monoisotopic (exact) mass is 248 g/mol. The normalized spacial score (nSPS) is 25.0.